The van der Waals surface area contributed by atoms with E-state index in [0.717, 1.165) is 0 Å². The molecule has 0 bridgehead atoms. The first kappa shape index (κ1) is 8.95. The average Bonchev–Trinajstić information content (AvgIpc) is 2.19. The van der Waals surface area contributed by atoms with E-state index in [1.54, 1.807) is 12.1 Å². The van der Waals surface area contributed by atoms with Crippen LogP contribution in [-0.4, -0.2) is 16.7 Å². The minimum Gasteiger partial charge on any atom is -0.368 e. The van der Waals surface area contributed by atoms with Crippen LogP contribution in [0.2, 0.25) is 0 Å². The third-order valence-electron chi connectivity index (χ3n) is 1.32. The maximum Gasteiger partial charge on any atom is 0.163 e. The lowest BCUT2D eigenvalue weighted by molar-refractivity contribution is 0.976. The highest BCUT2D eigenvalue weighted by atomic mass is 15.2. The van der Waals surface area contributed by atoms with Gasteiger partial charge < -0.3 is 5.32 Å². The Morgan fingerprint density at radius 2 is 2.15 bits per heavy atom. The molecule has 0 spiro atoms. The van der Waals surface area contributed by atoms with Crippen molar-refractivity contribution in [1.29, 1.82) is 10.5 Å². The van der Waals surface area contributed by atoms with Crippen LogP contribution in [0, 0.1) is 22.7 Å². The maximum absolute atomic E-state index is 8.43. The second-order valence-corrected chi connectivity index (χ2v) is 2.25. The van der Waals surface area contributed by atoms with Gasteiger partial charge in [0.25, 0.3) is 0 Å². The fourth-order valence-corrected chi connectivity index (χ4v) is 0.733. The van der Waals surface area contributed by atoms with Crippen molar-refractivity contribution in [3.8, 4) is 12.1 Å². The molecule has 0 aliphatic carbocycles. The summed E-state index contributed by atoms with van der Waals surface area (Å²) < 4.78 is 0. The van der Waals surface area contributed by atoms with Gasteiger partial charge in [-0.05, 0) is 12.1 Å². The van der Waals surface area contributed by atoms with E-state index in [4.69, 9.17) is 10.5 Å². The second-order valence-electron chi connectivity index (χ2n) is 2.25. The Bertz CT molecular complexity index is 342. The van der Waals surface area contributed by atoms with Gasteiger partial charge in [0, 0.05) is 6.54 Å². The molecule has 0 fully saturated rings. The van der Waals surface area contributed by atoms with Crippen molar-refractivity contribution in [2.24, 2.45) is 0 Å². The van der Waals surface area contributed by atoms with Crippen LogP contribution in [0.3, 0.4) is 0 Å². The summed E-state index contributed by atoms with van der Waals surface area (Å²) in [4.78, 5) is 0. The number of hydrogen-bond acceptors (Lipinski definition) is 5. The Hall–Kier alpha value is -2.14. The Kier molecular flexibility index (Phi) is 3.22. The summed E-state index contributed by atoms with van der Waals surface area (Å²) >= 11 is 0. The van der Waals surface area contributed by atoms with Gasteiger partial charge in [-0.1, -0.05) is 0 Å². The van der Waals surface area contributed by atoms with Gasteiger partial charge in [-0.3, -0.25) is 0 Å². The molecule has 0 unspecified atom stereocenters. The SMILES string of the molecule is N#CCCNc1ccc(C#N)nn1. The number of anilines is 1. The summed E-state index contributed by atoms with van der Waals surface area (Å²) in [5.74, 6) is 0.578. The first-order valence-corrected chi connectivity index (χ1v) is 3.71. The lowest BCUT2D eigenvalue weighted by Crippen LogP contribution is -2.03. The van der Waals surface area contributed by atoms with E-state index in [1.807, 2.05) is 12.1 Å². The summed E-state index contributed by atoms with van der Waals surface area (Å²) in [5, 5.41) is 26.9. The molecule has 1 N–H and O–H groups in total. The molecule has 1 rings (SSSR count). The highest BCUT2D eigenvalue weighted by Crippen LogP contribution is 2.00. The smallest absolute Gasteiger partial charge is 0.163 e. The van der Waals surface area contributed by atoms with Crippen molar-refractivity contribution in [3.05, 3.63) is 17.8 Å². The molecule has 0 saturated carbocycles. The largest absolute Gasteiger partial charge is 0.368 e. The first-order chi connectivity index (χ1) is 6.36. The predicted octanol–water partition coefficient (Wildman–Crippen LogP) is 0.674. The van der Waals surface area contributed by atoms with Gasteiger partial charge in [0.15, 0.2) is 5.69 Å². The van der Waals surface area contributed by atoms with Gasteiger partial charge in [-0.15, -0.1) is 10.2 Å². The van der Waals surface area contributed by atoms with Gasteiger partial charge in [-0.25, -0.2) is 0 Å². The molecule has 0 radical (unpaired) electrons. The quantitative estimate of drug-likeness (QED) is 0.679. The highest BCUT2D eigenvalue weighted by molar-refractivity contribution is 5.35. The molecule has 0 aliphatic rings. The molecule has 0 amide bonds. The first-order valence-electron chi connectivity index (χ1n) is 3.71. The molecular formula is C8H7N5. The molecule has 1 heterocycles. The Morgan fingerprint density at radius 3 is 2.69 bits per heavy atom. The normalized spacial score (nSPS) is 8.46. The van der Waals surface area contributed by atoms with Crippen LogP contribution in [-0.2, 0) is 0 Å². The lowest BCUT2D eigenvalue weighted by Gasteiger charge is -1.99. The van der Waals surface area contributed by atoms with Crippen molar-refractivity contribution in [1.82, 2.24) is 10.2 Å². The van der Waals surface area contributed by atoms with Gasteiger partial charge in [0.1, 0.15) is 11.9 Å². The minimum absolute atomic E-state index is 0.283. The van der Waals surface area contributed by atoms with E-state index in [9.17, 15) is 0 Å². The third kappa shape index (κ3) is 2.76. The molecular weight excluding hydrogens is 166 g/mol. The van der Waals surface area contributed by atoms with E-state index in [2.05, 4.69) is 15.5 Å². The van der Waals surface area contributed by atoms with Gasteiger partial charge >= 0.3 is 0 Å². The van der Waals surface area contributed by atoms with Gasteiger partial charge in [0.2, 0.25) is 0 Å². The monoisotopic (exact) mass is 173 g/mol. The van der Waals surface area contributed by atoms with E-state index in [1.165, 1.54) is 0 Å². The molecule has 5 heteroatoms. The molecule has 0 aliphatic heterocycles. The number of aromatic nitrogens is 2. The third-order valence-corrected chi connectivity index (χ3v) is 1.32. The van der Waals surface area contributed by atoms with Crippen LogP contribution < -0.4 is 5.32 Å². The number of nitrogens with one attached hydrogen (secondary N) is 1. The molecule has 0 saturated heterocycles. The second kappa shape index (κ2) is 4.68. The summed E-state index contributed by atoms with van der Waals surface area (Å²) in [6, 6.07) is 7.09. The molecule has 1 aromatic heterocycles. The van der Waals surface area contributed by atoms with Crippen molar-refractivity contribution in [2.45, 2.75) is 6.42 Å². The van der Waals surface area contributed by atoms with E-state index >= 15 is 0 Å². The highest BCUT2D eigenvalue weighted by Gasteiger charge is 1.94. The van der Waals surface area contributed by atoms with Gasteiger partial charge in [-0.2, -0.15) is 10.5 Å². The van der Waals surface area contributed by atoms with Crippen molar-refractivity contribution in [3.63, 3.8) is 0 Å². The molecule has 0 atom stereocenters. The fraction of sp³-hybridized carbons (Fsp3) is 0.250. The molecule has 64 valence electrons. The molecule has 1 aromatic rings. The van der Waals surface area contributed by atoms with Crippen molar-refractivity contribution in [2.75, 3.05) is 11.9 Å². The van der Waals surface area contributed by atoms with Crippen molar-refractivity contribution < 1.29 is 0 Å². The summed E-state index contributed by atoms with van der Waals surface area (Å²) in [7, 11) is 0. The lowest BCUT2D eigenvalue weighted by atomic mass is 10.4. The number of hydrogen-bond donors (Lipinski definition) is 1. The summed E-state index contributed by atoms with van der Waals surface area (Å²) in [5.41, 5.74) is 0.283. The number of nitriles is 2. The van der Waals surface area contributed by atoms with Crippen LogP contribution in [0.15, 0.2) is 12.1 Å². The van der Waals surface area contributed by atoms with Crippen LogP contribution in [0.4, 0.5) is 5.82 Å². The Balaban J connectivity index is 2.52. The van der Waals surface area contributed by atoms with E-state index in [0.29, 0.717) is 18.8 Å². The topological polar surface area (TPSA) is 85.4 Å². The van der Waals surface area contributed by atoms with Crippen LogP contribution in [0.1, 0.15) is 12.1 Å². The van der Waals surface area contributed by atoms with E-state index < -0.39 is 0 Å². The van der Waals surface area contributed by atoms with Crippen LogP contribution in [0.5, 0.6) is 0 Å². The molecule has 5 nitrogen and oxygen atoms in total. The zero-order valence-electron chi connectivity index (χ0n) is 6.86. The number of rotatable bonds is 3. The van der Waals surface area contributed by atoms with Crippen LogP contribution >= 0.6 is 0 Å². The zero-order chi connectivity index (χ0) is 9.52. The fourth-order valence-electron chi connectivity index (χ4n) is 0.733. The average molecular weight is 173 g/mol. The van der Waals surface area contributed by atoms with Crippen molar-refractivity contribution >= 4 is 5.82 Å². The molecule has 13 heavy (non-hydrogen) atoms. The standard InChI is InChI=1S/C8H7N5/c9-4-1-5-11-8-3-2-7(6-10)12-13-8/h2-3H,1,5H2,(H,11,13). The Morgan fingerprint density at radius 1 is 1.31 bits per heavy atom. The maximum atomic E-state index is 8.43. The van der Waals surface area contributed by atoms with Gasteiger partial charge in [0.05, 0.1) is 12.5 Å². The summed E-state index contributed by atoms with van der Waals surface area (Å²) in [6.45, 7) is 0.539. The van der Waals surface area contributed by atoms with E-state index in [-0.39, 0.29) is 5.69 Å². The predicted molar refractivity (Wildman–Crippen MR) is 45.5 cm³/mol. The zero-order valence-corrected chi connectivity index (χ0v) is 6.86. The van der Waals surface area contributed by atoms with Crippen LogP contribution in [0.25, 0.3) is 0 Å². The molecule has 0 aromatic carbocycles. The Labute approximate surface area is 75.6 Å². The number of nitrogens with zero attached hydrogens (tertiary/aromatic N) is 4. The minimum atomic E-state index is 0.283. The summed E-state index contributed by atoms with van der Waals surface area (Å²) in [6.07, 6.45) is 0.418.